The van der Waals surface area contributed by atoms with Gasteiger partial charge in [-0.1, -0.05) is 0 Å². The molecule has 0 N–H and O–H groups in total. The van der Waals surface area contributed by atoms with Crippen LogP contribution in [0.4, 0.5) is 0 Å². The molecule has 1 aliphatic heterocycles. The summed E-state index contributed by atoms with van der Waals surface area (Å²) in [4.78, 5) is 0. The topological polar surface area (TPSA) is 0 Å². The van der Waals surface area contributed by atoms with Gasteiger partial charge in [0, 0.05) is 0 Å². The number of benzene rings is 4. The van der Waals surface area contributed by atoms with Gasteiger partial charge in [0.15, 0.2) is 0 Å². The van der Waals surface area contributed by atoms with Gasteiger partial charge in [-0.3, -0.25) is 0 Å². The van der Waals surface area contributed by atoms with Crippen LogP contribution in [-0.4, -0.2) is 0 Å². The van der Waals surface area contributed by atoms with Gasteiger partial charge in [-0.15, -0.1) is 24.8 Å². The largest absolute Gasteiger partial charge is 0.147 e. The van der Waals surface area contributed by atoms with Crippen molar-refractivity contribution in [2.45, 2.75) is 120 Å². The first kappa shape index (κ1) is 40.5. The Morgan fingerprint density at radius 3 is 1.23 bits per heavy atom. The molecule has 4 unspecified atom stereocenters. The molecular formula is C50H62Cl2Hf. The zero-order valence-corrected chi connectivity index (χ0v) is 38.6. The van der Waals surface area contributed by atoms with E-state index in [9.17, 15) is 0 Å². The molecule has 4 aliphatic rings. The van der Waals surface area contributed by atoms with Crippen LogP contribution in [0.3, 0.4) is 0 Å². The summed E-state index contributed by atoms with van der Waals surface area (Å²) in [6.07, 6.45) is 13.8. The normalized spacial score (nSPS) is 24.0. The fourth-order valence-electron chi connectivity index (χ4n) is 11.2. The van der Waals surface area contributed by atoms with E-state index in [1.807, 2.05) is 0 Å². The zero-order chi connectivity index (χ0) is 35.6. The number of hydrogen-bond acceptors (Lipinski definition) is 0. The predicted molar refractivity (Wildman–Crippen MR) is 233 cm³/mol. The minimum Gasteiger partial charge on any atom is -0.147 e. The van der Waals surface area contributed by atoms with Gasteiger partial charge >= 0.3 is 316 Å². The van der Waals surface area contributed by atoms with Crippen LogP contribution in [0.1, 0.15) is 146 Å². The number of allylic oxidation sites excluding steroid dienone is 2. The van der Waals surface area contributed by atoms with Crippen molar-refractivity contribution >= 4 is 37.0 Å². The van der Waals surface area contributed by atoms with Crippen LogP contribution in [-0.2, 0) is 20.0 Å². The minimum absolute atomic E-state index is 0. The van der Waals surface area contributed by atoms with Gasteiger partial charge < -0.3 is 0 Å². The molecule has 53 heavy (non-hydrogen) atoms. The Morgan fingerprint density at radius 1 is 0.509 bits per heavy atom. The Morgan fingerprint density at radius 2 is 0.887 bits per heavy atom. The molecule has 280 valence electrons. The Labute approximate surface area is 338 Å². The molecule has 0 amide bonds. The second kappa shape index (κ2) is 16.1. The molecule has 3 aliphatic carbocycles. The zero-order valence-electron chi connectivity index (χ0n) is 33.4. The average molecular weight is 912 g/mol. The first-order valence-electron chi connectivity index (χ1n) is 20.5. The van der Waals surface area contributed by atoms with E-state index < -0.39 is 20.0 Å². The maximum atomic E-state index is 2.74. The molecule has 0 spiro atoms. The summed E-state index contributed by atoms with van der Waals surface area (Å²) in [5.74, 6) is 2.43. The first-order valence-corrected chi connectivity index (χ1v) is 28.8. The van der Waals surface area contributed by atoms with E-state index >= 15 is 0 Å². The van der Waals surface area contributed by atoms with Gasteiger partial charge in [-0.05, 0) is 0 Å². The Hall–Kier alpha value is -2.19. The molecular weight excluding hydrogens is 850 g/mol. The van der Waals surface area contributed by atoms with Crippen LogP contribution in [0.5, 0.6) is 0 Å². The van der Waals surface area contributed by atoms with Crippen LogP contribution >= 0.6 is 24.8 Å². The molecule has 1 heterocycles. The van der Waals surface area contributed by atoms with Gasteiger partial charge in [0.2, 0.25) is 0 Å². The number of fused-ring (bicyclic) bond motifs is 3. The third-order valence-electron chi connectivity index (χ3n) is 13.3. The maximum Gasteiger partial charge on any atom is -0.147 e. The van der Waals surface area contributed by atoms with Gasteiger partial charge in [0.25, 0.3) is 0 Å². The second-order valence-corrected chi connectivity index (χ2v) is 34.8. The summed E-state index contributed by atoms with van der Waals surface area (Å²) in [5, 5.41) is 0. The molecule has 1 saturated heterocycles. The first-order chi connectivity index (χ1) is 24.6. The molecule has 8 rings (SSSR count). The summed E-state index contributed by atoms with van der Waals surface area (Å²) < 4.78 is 3.40. The average Bonchev–Trinajstić information content (AvgIpc) is 3.39. The van der Waals surface area contributed by atoms with Crippen molar-refractivity contribution < 1.29 is 20.0 Å². The molecule has 0 bridgehead atoms. The fourth-order valence-corrected chi connectivity index (χ4v) is 46.5. The van der Waals surface area contributed by atoms with Crippen molar-refractivity contribution in [1.29, 1.82) is 0 Å². The van der Waals surface area contributed by atoms with Crippen LogP contribution in [0, 0.1) is 11.8 Å². The molecule has 4 atom stereocenters. The van der Waals surface area contributed by atoms with Crippen LogP contribution < -0.4 is 0 Å². The molecule has 0 nitrogen and oxygen atoms in total. The van der Waals surface area contributed by atoms with E-state index in [2.05, 4.69) is 152 Å². The van der Waals surface area contributed by atoms with Gasteiger partial charge in [0.05, 0.1) is 0 Å². The van der Waals surface area contributed by atoms with E-state index in [4.69, 9.17) is 0 Å². The number of halogens is 2. The van der Waals surface area contributed by atoms with Gasteiger partial charge in [0.1, 0.15) is 0 Å². The van der Waals surface area contributed by atoms with Crippen molar-refractivity contribution in [3.8, 4) is 22.3 Å². The Kier molecular flexibility index (Phi) is 12.3. The monoisotopic (exact) mass is 912 g/mol. The van der Waals surface area contributed by atoms with Crippen molar-refractivity contribution in [1.82, 2.24) is 0 Å². The van der Waals surface area contributed by atoms with Gasteiger partial charge in [-0.25, -0.2) is 0 Å². The molecule has 0 radical (unpaired) electrons. The van der Waals surface area contributed by atoms with E-state index in [-0.39, 0.29) is 24.8 Å². The summed E-state index contributed by atoms with van der Waals surface area (Å²) in [5.41, 5.74) is 18.7. The minimum atomic E-state index is -3.30. The summed E-state index contributed by atoms with van der Waals surface area (Å²) in [6, 6.07) is 33.9. The molecule has 2 fully saturated rings. The van der Waals surface area contributed by atoms with Crippen molar-refractivity contribution in [3.05, 3.63) is 129 Å². The fraction of sp³-hybridized carbons (Fsp3) is 0.440. The Bertz CT molecular complexity index is 1830. The molecule has 1 saturated carbocycles. The quantitative estimate of drug-likeness (QED) is 0.139. The maximum absolute atomic E-state index is 3.30. The van der Waals surface area contributed by atoms with Crippen LogP contribution in [0.15, 0.2) is 96.1 Å². The molecule has 4 aromatic carbocycles. The smallest absolute Gasteiger partial charge is 0.147 e. The van der Waals surface area contributed by atoms with E-state index in [0.29, 0.717) is 31.0 Å². The Balaban J connectivity index is 0.00000240. The SMILES string of the molecule is CC(C)CC1=Cc2c(-c3ccc(C(C)C)cc3)cccc2[CH]1[Hf]1([CH]2C(CC(C)C)=Cc3c(-c4ccc(C(C)C)cc4)cccc32)[CH]2CCCC[CH]21.Cl.Cl. The number of hydrogen-bond donors (Lipinski definition) is 0. The van der Waals surface area contributed by atoms with Crippen LogP contribution in [0.25, 0.3) is 34.4 Å². The van der Waals surface area contributed by atoms with Crippen molar-refractivity contribution in [2.24, 2.45) is 11.8 Å². The van der Waals surface area contributed by atoms with Gasteiger partial charge in [-0.2, -0.15) is 0 Å². The van der Waals surface area contributed by atoms with E-state index in [1.165, 1.54) is 71.9 Å². The number of rotatable bonds is 10. The molecule has 4 aromatic rings. The van der Waals surface area contributed by atoms with E-state index in [1.54, 1.807) is 33.4 Å². The van der Waals surface area contributed by atoms with Crippen molar-refractivity contribution in [2.75, 3.05) is 0 Å². The van der Waals surface area contributed by atoms with Crippen LogP contribution in [0.2, 0.25) is 7.35 Å². The standard InChI is InChI=1S/2C22H25.C6H10.2ClH.Hf/c2*1-15(2)12-17-13-20-6-5-7-21(22(20)14-17)19-10-8-18(9-11-19)16(3)4;1-2-4-6-5-3-1;;;/h2*5-11,13-16H,12H2,1-4H3;1-2H,3-6H2;2*1H;. The summed E-state index contributed by atoms with van der Waals surface area (Å²) >= 11 is -3.30. The molecule has 3 heteroatoms. The predicted octanol–water partition coefficient (Wildman–Crippen LogP) is 16.1. The summed E-state index contributed by atoms with van der Waals surface area (Å²) in [7, 11) is 0. The molecule has 0 aromatic heterocycles. The van der Waals surface area contributed by atoms with Crippen molar-refractivity contribution in [3.63, 3.8) is 0 Å². The third kappa shape index (κ3) is 7.08. The van der Waals surface area contributed by atoms with E-state index in [0.717, 1.165) is 7.35 Å². The second-order valence-electron chi connectivity index (χ2n) is 18.2. The third-order valence-corrected chi connectivity index (χ3v) is 38.2. The summed E-state index contributed by atoms with van der Waals surface area (Å²) in [6.45, 7) is 19.1.